The first-order valence-corrected chi connectivity index (χ1v) is 4.82. The van der Waals surface area contributed by atoms with Gasteiger partial charge in [-0.1, -0.05) is 0 Å². The van der Waals surface area contributed by atoms with Gasteiger partial charge in [-0.05, 0) is 0 Å². The molecule has 0 bridgehead atoms. The molecule has 17 heavy (non-hydrogen) atoms. The molecule has 7 heteroatoms. The lowest BCUT2D eigenvalue weighted by Gasteiger charge is -2.04. The zero-order chi connectivity index (χ0) is 12.6. The number of rotatable bonds is 2. The van der Waals surface area contributed by atoms with E-state index in [0.717, 1.165) is 4.57 Å². The molecule has 7 nitrogen and oxygen atoms in total. The lowest BCUT2D eigenvalue weighted by atomic mass is 10.1. The summed E-state index contributed by atoms with van der Waals surface area (Å²) in [7, 11) is 2.81. The van der Waals surface area contributed by atoms with E-state index in [1.807, 2.05) is 0 Å². The zero-order valence-electron chi connectivity index (χ0n) is 9.30. The Morgan fingerprint density at radius 1 is 1.35 bits per heavy atom. The van der Waals surface area contributed by atoms with E-state index < -0.39 is 17.0 Å². The number of aromatic nitrogens is 4. The van der Waals surface area contributed by atoms with Gasteiger partial charge < -0.3 is 4.57 Å². The predicted octanol–water partition coefficient (Wildman–Crippen LogP) is -0.962. The van der Waals surface area contributed by atoms with Crippen molar-refractivity contribution >= 4 is 5.78 Å². The Morgan fingerprint density at radius 2 is 2.06 bits per heavy atom. The number of aromatic amines is 1. The fraction of sp³-hybridized carbons (Fsp3) is 0.200. The van der Waals surface area contributed by atoms with Gasteiger partial charge in [0.1, 0.15) is 5.56 Å². The summed E-state index contributed by atoms with van der Waals surface area (Å²) in [5, 5.41) is 6.13. The molecule has 0 unspecified atom stereocenters. The second kappa shape index (κ2) is 3.85. The van der Waals surface area contributed by atoms with Gasteiger partial charge in [-0.2, -0.15) is 5.10 Å². The van der Waals surface area contributed by atoms with Crippen LogP contribution in [-0.2, 0) is 14.1 Å². The first kappa shape index (κ1) is 11.1. The topological polar surface area (TPSA) is 89.8 Å². The molecule has 0 aliphatic heterocycles. The number of nitrogens with one attached hydrogen (secondary N) is 1. The molecule has 0 aliphatic rings. The second-order valence-electron chi connectivity index (χ2n) is 3.62. The van der Waals surface area contributed by atoms with E-state index in [2.05, 4.69) is 10.2 Å². The smallest absolute Gasteiger partial charge is 0.303 e. The largest absolute Gasteiger partial charge is 0.330 e. The van der Waals surface area contributed by atoms with E-state index in [4.69, 9.17) is 0 Å². The van der Waals surface area contributed by atoms with Gasteiger partial charge in [0.15, 0.2) is 0 Å². The maximum absolute atomic E-state index is 12.0. The Morgan fingerprint density at radius 3 is 2.65 bits per heavy atom. The van der Waals surface area contributed by atoms with Crippen LogP contribution in [0.2, 0.25) is 0 Å². The average Bonchev–Trinajstić information content (AvgIpc) is 2.84. The minimum Gasteiger partial charge on any atom is -0.303 e. The van der Waals surface area contributed by atoms with Crippen molar-refractivity contribution in [2.75, 3.05) is 0 Å². The van der Waals surface area contributed by atoms with Crippen molar-refractivity contribution < 1.29 is 4.79 Å². The van der Waals surface area contributed by atoms with Crippen molar-refractivity contribution in [3.05, 3.63) is 50.6 Å². The van der Waals surface area contributed by atoms with Crippen LogP contribution in [0.5, 0.6) is 0 Å². The minimum absolute atomic E-state index is 0.0593. The van der Waals surface area contributed by atoms with E-state index in [1.165, 1.54) is 37.3 Å². The van der Waals surface area contributed by atoms with Crippen LogP contribution < -0.4 is 11.2 Å². The van der Waals surface area contributed by atoms with E-state index in [-0.39, 0.29) is 11.1 Å². The summed E-state index contributed by atoms with van der Waals surface area (Å²) in [4.78, 5) is 35.2. The third kappa shape index (κ3) is 1.71. The average molecular weight is 234 g/mol. The van der Waals surface area contributed by atoms with Crippen molar-refractivity contribution in [2.24, 2.45) is 14.1 Å². The van der Waals surface area contributed by atoms with E-state index in [9.17, 15) is 14.4 Å². The summed E-state index contributed by atoms with van der Waals surface area (Å²) in [5.41, 5.74) is -0.866. The zero-order valence-corrected chi connectivity index (χ0v) is 9.30. The molecule has 0 radical (unpaired) electrons. The van der Waals surface area contributed by atoms with E-state index in [0.29, 0.717) is 0 Å². The first-order valence-electron chi connectivity index (χ1n) is 4.82. The number of aryl methyl sites for hydroxylation is 1. The van der Waals surface area contributed by atoms with Crippen LogP contribution in [0.25, 0.3) is 0 Å². The van der Waals surface area contributed by atoms with Crippen molar-refractivity contribution in [3.63, 3.8) is 0 Å². The molecule has 0 amide bonds. The van der Waals surface area contributed by atoms with Crippen LogP contribution in [0, 0.1) is 0 Å². The fourth-order valence-corrected chi connectivity index (χ4v) is 1.49. The van der Waals surface area contributed by atoms with Crippen molar-refractivity contribution in [3.8, 4) is 0 Å². The molecule has 0 atom stereocenters. The predicted molar refractivity (Wildman–Crippen MR) is 58.9 cm³/mol. The lowest BCUT2D eigenvalue weighted by molar-refractivity contribution is 0.103. The molecule has 1 N–H and O–H groups in total. The van der Waals surface area contributed by atoms with Crippen molar-refractivity contribution in [1.82, 2.24) is 19.3 Å². The minimum atomic E-state index is -0.612. The summed E-state index contributed by atoms with van der Waals surface area (Å²) in [6.45, 7) is 0. The molecule has 0 spiro atoms. The van der Waals surface area contributed by atoms with Gasteiger partial charge in [0.05, 0.1) is 11.8 Å². The third-order valence-electron chi connectivity index (χ3n) is 2.45. The highest BCUT2D eigenvalue weighted by Gasteiger charge is 2.16. The molecule has 0 saturated carbocycles. The summed E-state index contributed by atoms with van der Waals surface area (Å²) in [6.07, 6.45) is 3.96. The number of nitrogens with zero attached hydrogens (tertiary/aromatic N) is 3. The number of H-pyrrole nitrogens is 1. The van der Waals surface area contributed by atoms with Crippen LogP contribution in [0.15, 0.2) is 28.2 Å². The van der Waals surface area contributed by atoms with Crippen LogP contribution in [0.4, 0.5) is 0 Å². The van der Waals surface area contributed by atoms with Crippen LogP contribution in [0.1, 0.15) is 15.9 Å². The number of carbonyl (C=O) groups excluding carboxylic acids is 1. The van der Waals surface area contributed by atoms with Gasteiger partial charge in [-0.15, -0.1) is 0 Å². The molecule has 2 aromatic rings. The second-order valence-corrected chi connectivity index (χ2v) is 3.62. The Bertz CT molecular complexity index is 679. The van der Waals surface area contributed by atoms with Crippen molar-refractivity contribution in [1.29, 1.82) is 0 Å². The molecule has 2 heterocycles. The Kier molecular flexibility index (Phi) is 2.51. The summed E-state index contributed by atoms with van der Waals surface area (Å²) < 4.78 is 2.09. The molecule has 0 saturated heterocycles. The fourth-order valence-electron chi connectivity index (χ4n) is 1.49. The normalized spacial score (nSPS) is 10.5. The molecule has 0 aliphatic carbocycles. The Labute approximate surface area is 95.3 Å². The summed E-state index contributed by atoms with van der Waals surface area (Å²) >= 11 is 0. The van der Waals surface area contributed by atoms with Crippen molar-refractivity contribution in [2.45, 2.75) is 0 Å². The van der Waals surface area contributed by atoms with Gasteiger partial charge in [0, 0.05) is 26.5 Å². The SMILES string of the molecule is Cn1cc(C(=O)c2cn[nH]c2)c(=O)n(C)c1=O. The monoisotopic (exact) mass is 234 g/mol. The Balaban J connectivity index is 2.66. The quantitative estimate of drug-likeness (QED) is 0.677. The third-order valence-corrected chi connectivity index (χ3v) is 2.45. The van der Waals surface area contributed by atoms with Crippen LogP contribution in [-0.4, -0.2) is 25.1 Å². The number of carbonyl (C=O) groups is 1. The van der Waals surface area contributed by atoms with Gasteiger partial charge in [0.2, 0.25) is 5.78 Å². The lowest BCUT2D eigenvalue weighted by Crippen LogP contribution is -2.39. The molecule has 2 rings (SSSR count). The highest BCUT2D eigenvalue weighted by molar-refractivity contribution is 6.08. The molecule has 0 fully saturated rings. The van der Waals surface area contributed by atoms with Crippen LogP contribution in [0.3, 0.4) is 0 Å². The molecular weight excluding hydrogens is 224 g/mol. The highest BCUT2D eigenvalue weighted by atomic mass is 16.2. The molecule has 2 aromatic heterocycles. The molecule has 88 valence electrons. The maximum Gasteiger partial charge on any atom is 0.330 e. The summed E-state index contributed by atoms with van der Waals surface area (Å²) in [5.74, 6) is -0.463. The number of ketones is 1. The molecular formula is C10H10N4O3. The van der Waals surface area contributed by atoms with Gasteiger partial charge in [-0.25, -0.2) is 4.79 Å². The van der Waals surface area contributed by atoms with E-state index in [1.54, 1.807) is 0 Å². The Hall–Kier alpha value is -2.44. The number of hydrogen-bond acceptors (Lipinski definition) is 4. The first-order chi connectivity index (χ1) is 8.02. The molecule has 0 aromatic carbocycles. The maximum atomic E-state index is 12.0. The van der Waals surface area contributed by atoms with E-state index >= 15 is 0 Å². The standard InChI is InChI=1S/C10H10N4O3/c1-13-5-7(9(16)14(2)10(13)17)8(15)6-3-11-12-4-6/h3-5H,1-2H3,(H,11,12). The highest BCUT2D eigenvalue weighted by Crippen LogP contribution is 2.02. The van der Waals surface area contributed by atoms with Crippen LogP contribution >= 0.6 is 0 Å². The number of hydrogen-bond donors (Lipinski definition) is 1. The summed E-state index contributed by atoms with van der Waals surface area (Å²) in [6, 6.07) is 0. The van der Waals surface area contributed by atoms with Gasteiger partial charge in [0.25, 0.3) is 5.56 Å². The van der Waals surface area contributed by atoms with Gasteiger partial charge >= 0.3 is 5.69 Å². The van der Waals surface area contributed by atoms with Gasteiger partial charge in [-0.3, -0.25) is 19.3 Å².